The Kier molecular flexibility index (Phi) is 7.27. The van der Waals surface area contributed by atoms with Crippen molar-refractivity contribution in [1.82, 2.24) is 10.3 Å². The van der Waals surface area contributed by atoms with Gasteiger partial charge in [0.1, 0.15) is 12.1 Å². The van der Waals surface area contributed by atoms with Gasteiger partial charge in [-0.1, -0.05) is 24.7 Å². The van der Waals surface area contributed by atoms with Gasteiger partial charge < -0.3 is 15.3 Å². The van der Waals surface area contributed by atoms with Crippen LogP contribution in [0.25, 0.3) is 0 Å². The molecule has 6 nitrogen and oxygen atoms in total. The molecule has 0 amide bonds. The Morgan fingerprint density at radius 1 is 1.64 bits per heavy atom. The average molecular weight is 308 g/mol. The van der Waals surface area contributed by atoms with Crippen LogP contribution in [0.5, 0.6) is 0 Å². The van der Waals surface area contributed by atoms with Crippen molar-refractivity contribution in [2.75, 3.05) is 20.6 Å². The van der Waals surface area contributed by atoms with Gasteiger partial charge in [0, 0.05) is 33.5 Å². The number of nitrogens with one attached hydrogen (secondary N) is 1. The van der Waals surface area contributed by atoms with Crippen LogP contribution < -0.4 is 11.2 Å². The van der Waals surface area contributed by atoms with Gasteiger partial charge in [-0.25, -0.2) is 5.01 Å². The van der Waals surface area contributed by atoms with E-state index in [1.165, 1.54) is 0 Å². The van der Waals surface area contributed by atoms with Crippen molar-refractivity contribution in [3.8, 4) is 0 Å². The number of aldehydes is 1. The lowest BCUT2D eigenvalue weighted by molar-refractivity contribution is -0.108. The number of carbonyl (C=O) groups excluding carboxylic acids is 1. The second-order valence-electron chi connectivity index (χ2n) is 6.00. The third-order valence-corrected chi connectivity index (χ3v) is 4.37. The van der Waals surface area contributed by atoms with E-state index in [-0.39, 0.29) is 0 Å². The van der Waals surface area contributed by atoms with Crippen molar-refractivity contribution in [2.45, 2.75) is 26.2 Å². The van der Waals surface area contributed by atoms with E-state index in [1.54, 1.807) is 19.1 Å². The minimum absolute atomic E-state index is 0.314. The molecule has 1 aliphatic carbocycles. The number of rotatable bonds is 9. The van der Waals surface area contributed by atoms with E-state index in [1.807, 2.05) is 6.08 Å². The largest absolute Gasteiger partial charge is 0.409 e. The minimum Gasteiger partial charge on any atom is -0.409 e. The van der Waals surface area contributed by atoms with Crippen LogP contribution in [0.4, 0.5) is 0 Å². The summed E-state index contributed by atoms with van der Waals surface area (Å²) in [5.74, 6) is 7.61. The molecule has 4 N–H and O–H groups in total. The first kappa shape index (κ1) is 18.4. The highest BCUT2D eigenvalue weighted by molar-refractivity contribution is 5.83. The summed E-state index contributed by atoms with van der Waals surface area (Å²) in [5.41, 5.74) is 2.21. The number of hydrogen-bond donors (Lipinski definition) is 3. The van der Waals surface area contributed by atoms with Crippen LogP contribution in [0.1, 0.15) is 26.2 Å². The minimum atomic E-state index is 0.314. The Labute approximate surface area is 132 Å². The number of allylic oxidation sites excluding steroid dienone is 2. The molecule has 0 radical (unpaired) electrons. The molecule has 1 rings (SSSR count). The second-order valence-corrected chi connectivity index (χ2v) is 6.00. The molecule has 0 aromatic carbocycles. The van der Waals surface area contributed by atoms with Crippen molar-refractivity contribution >= 4 is 12.1 Å². The number of carbonyl (C=O) groups is 1. The highest BCUT2D eigenvalue weighted by Gasteiger charge is 2.41. The van der Waals surface area contributed by atoms with Crippen LogP contribution in [-0.4, -0.2) is 43.0 Å². The third kappa shape index (κ3) is 4.96. The van der Waals surface area contributed by atoms with Gasteiger partial charge >= 0.3 is 0 Å². The van der Waals surface area contributed by atoms with Gasteiger partial charge in [-0.05, 0) is 35.3 Å². The molecule has 124 valence electrons. The lowest BCUT2D eigenvalue weighted by atomic mass is 9.88. The molecule has 1 saturated carbocycles. The zero-order valence-corrected chi connectivity index (χ0v) is 13.7. The van der Waals surface area contributed by atoms with E-state index in [9.17, 15) is 4.79 Å². The zero-order chi connectivity index (χ0) is 16.7. The molecule has 6 heteroatoms. The van der Waals surface area contributed by atoms with Crippen molar-refractivity contribution in [2.24, 2.45) is 28.8 Å². The monoisotopic (exact) mass is 308 g/mol. The number of likely N-dealkylation sites (N-methyl/N-ethyl adjacent to an activating group) is 1. The lowest BCUT2D eigenvalue weighted by Gasteiger charge is -2.22. The van der Waals surface area contributed by atoms with Gasteiger partial charge in [-0.15, -0.1) is 0 Å². The van der Waals surface area contributed by atoms with Crippen molar-refractivity contribution in [3.05, 3.63) is 23.8 Å². The first-order valence-electron chi connectivity index (χ1n) is 7.60. The Bertz CT molecular complexity index is 457. The maximum absolute atomic E-state index is 10.7. The normalized spacial score (nSPS) is 23.8. The predicted molar refractivity (Wildman–Crippen MR) is 88.4 cm³/mol. The maximum Gasteiger partial charge on any atom is 0.145 e. The molecule has 0 aromatic heterocycles. The summed E-state index contributed by atoms with van der Waals surface area (Å²) in [6, 6.07) is 0. The SMILES string of the molecule is C=C/C(=C(/C/C(=N/O)NC)CN(C)N)[C@H](C)C1CC1CC=O. The molecule has 1 fully saturated rings. The third-order valence-electron chi connectivity index (χ3n) is 4.37. The van der Waals surface area contributed by atoms with E-state index < -0.39 is 0 Å². The van der Waals surface area contributed by atoms with E-state index in [2.05, 4.69) is 24.0 Å². The summed E-state index contributed by atoms with van der Waals surface area (Å²) in [7, 11) is 3.52. The fraction of sp³-hybridized carbons (Fsp3) is 0.625. The molecule has 0 saturated heterocycles. The van der Waals surface area contributed by atoms with E-state index in [0.29, 0.717) is 43.0 Å². The molecule has 0 aliphatic heterocycles. The van der Waals surface area contributed by atoms with Crippen molar-refractivity contribution in [3.63, 3.8) is 0 Å². The van der Waals surface area contributed by atoms with Gasteiger partial charge in [0.05, 0.1) is 0 Å². The van der Waals surface area contributed by atoms with E-state index in [4.69, 9.17) is 11.0 Å². The summed E-state index contributed by atoms with van der Waals surface area (Å²) < 4.78 is 0. The molecule has 1 aliphatic rings. The fourth-order valence-corrected chi connectivity index (χ4v) is 3.09. The van der Waals surface area contributed by atoms with Crippen LogP contribution in [0.3, 0.4) is 0 Å². The summed E-state index contributed by atoms with van der Waals surface area (Å²) in [6.07, 6.45) is 5.07. The summed E-state index contributed by atoms with van der Waals surface area (Å²) in [4.78, 5) is 10.7. The van der Waals surface area contributed by atoms with E-state index >= 15 is 0 Å². The molecular weight excluding hydrogens is 280 g/mol. The van der Waals surface area contributed by atoms with Gasteiger partial charge in [-0.2, -0.15) is 0 Å². The number of nitrogens with two attached hydrogens (primary N) is 1. The molecule has 0 heterocycles. The molecule has 0 spiro atoms. The Morgan fingerprint density at radius 3 is 2.77 bits per heavy atom. The standard InChI is InChI=1S/C16H28N4O2/c1-5-14(11(2)15-8-12(15)6-7-21)13(10-20(4)17)9-16(18-3)19-22/h5,7,11-12,15,22H,1,6,8-10,17H2,2-4H3,(H,18,19)/b14-13+/t11-,12?,15?/m0/s1. The molecule has 0 aromatic rings. The zero-order valence-electron chi connectivity index (χ0n) is 13.7. The van der Waals surface area contributed by atoms with Crippen LogP contribution in [0.2, 0.25) is 0 Å². The van der Waals surface area contributed by atoms with Gasteiger partial charge in [0.2, 0.25) is 0 Å². The quantitative estimate of drug-likeness (QED) is 0.114. The number of hydrazine groups is 1. The van der Waals surface area contributed by atoms with Crippen LogP contribution in [-0.2, 0) is 4.79 Å². The molecular formula is C16H28N4O2. The Hall–Kier alpha value is -1.66. The Balaban J connectivity index is 2.99. The molecule has 2 unspecified atom stereocenters. The smallest absolute Gasteiger partial charge is 0.145 e. The lowest BCUT2D eigenvalue weighted by Crippen LogP contribution is -2.31. The topological polar surface area (TPSA) is 91.0 Å². The van der Waals surface area contributed by atoms with Gasteiger partial charge in [0.15, 0.2) is 0 Å². The molecule has 22 heavy (non-hydrogen) atoms. The van der Waals surface area contributed by atoms with Crippen LogP contribution in [0, 0.1) is 17.8 Å². The first-order valence-corrected chi connectivity index (χ1v) is 7.60. The number of amidine groups is 1. The van der Waals surface area contributed by atoms with E-state index in [0.717, 1.165) is 23.9 Å². The number of nitrogens with zero attached hydrogens (tertiary/aromatic N) is 2. The summed E-state index contributed by atoms with van der Waals surface area (Å²) >= 11 is 0. The fourth-order valence-electron chi connectivity index (χ4n) is 3.09. The maximum atomic E-state index is 10.7. The first-order chi connectivity index (χ1) is 10.5. The summed E-state index contributed by atoms with van der Waals surface area (Å²) in [5, 5.41) is 16.8. The van der Waals surface area contributed by atoms with Gasteiger partial charge in [0.25, 0.3) is 0 Å². The molecule has 0 bridgehead atoms. The average Bonchev–Trinajstić information content (AvgIpc) is 3.24. The van der Waals surface area contributed by atoms with Crippen molar-refractivity contribution < 1.29 is 10.0 Å². The summed E-state index contributed by atoms with van der Waals surface area (Å²) in [6.45, 7) is 6.67. The predicted octanol–water partition coefficient (Wildman–Crippen LogP) is 1.53. The Morgan fingerprint density at radius 2 is 2.32 bits per heavy atom. The highest BCUT2D eigenvalue weighted by Crippen LogP contribution is 2.49. The highest BCUT2D eigenvalue weighted by atomic mass is 16.4. The van der Waals surface area contributed by atoms with Crippen LogP contribution in [0.15, 0.2) is 29.0 Å². The van der Waals surface area contributed by atoms with Crippen LogP contribution >= 0.6 is 0 Å². The molecule has 3 atom stereocenters. The van der Waals surface area contributed by atoms with Gasteiger partial charge in [-0.3, -0.25) is 5.84 Å². The van der Waals surface area contributed by atoms with Crippen molar-refractivity contribution in [1.29, 1.82) is 0 Å². The number of oxime groups is 1. The number of hydrogen-bond acceptors (Lipinski definition) is 5. The second kappa shape index (κ2) is 8.70.